The maximum atomic E-state index is 12.4. The SMILES string of the molecule is O=C(Nc1ccc2c(c1)Cc1ccccc1-2)c1coc(NC(=O)C2CC2)n1. The van der Waals surface area contributed by atoms with E-state index in [0.717, 1.165) is 19.3 Å². The number of anilines is 2. The van der Waals surface area contributed by atoms with Gasteiger partial charge < -0.3 is 9.73 Å². The molecule has 3 aromatic rings. The Balaban J connectivity index is 1.30. The number of hydrogen-bond acceptors (Lipinski definition) is 4. The molecular formula is C21H17N3O3. The summed E-state index contributed by atoms with van der Waals surface area (Å²) in [5, 5.41) is 5.43. The molecule has 2 amide bonds. The molecule has 1 heterocycles. The summed E-state index contributed by atoms with van der Waals surface area (Å²) in [6.45, 7) is 0. The van der Waals surface area contributed by atoms with Crippen LogP contribution in [0.3, 0.4) is 0 Å². The van der Waals surface area contributed by atoms with E-state index in [2.05, 4.69) is 27.8 Å². The van der Waals surface area contributed by atoms with Crippen LogP contribution in [0.1, 0.15) is 34.5 Å². The number of oxazole rings is 1. The van der Waals surface area contributed by atoms with E-state index in [9.17, 15) is 9.59 Å². The van der Waals surface area contributed by atoms with Crippen LogP contribution in [0, 0.1) is 5.92 Å². The molecule has 1 saturated carbocycles. The first-order chi connectivity index (χ1) is 13.2. The van der Waals surface area contributed by atoms with Gasteiger partial charge in [0.1, 0.15) is 6.26 Å². The highest BCUT2D eigenvalue weighted by molar-refractivity contribution is 6.03. The van der Waals surface area contributed by atoms with Crippen molar-refractivity contribution in [3.63, 3.8) is 0 Å². The number of carbonyl (C=O) groups excluding carboxylic acids is 2. The van der Waals surface area contributed by atoms with Gasteiger partial charge in [-0.25, -0.2) is 0 Å². The molecule has 0 radical (unpaired) electrons. The average Bonchev–Trinajstić information content (AvgIpc) is 3.31. The summed E-state index contributed by atoms with van der Waals surface area (Å²) >= 11 is 0. The molecule has 0 saturated heterocycles. The van der Waals surface area contributed by atoms with E-state index < -0.39 is 0 Å². The fourth-order valence-electron chi connectivity index (χ4n) is 3.41. The number of amides is 2. The van der Waals surface area contributed by atoms with E-state index in [1.54, 1.807) is 0 Å². The van der Waals surface area contributed by atoms with Crippen molar-refractivity contribution in [3.8, 4) is 11.1 Å². The third-order valence-corrected chi connectivity index (χ3v) is 4.97. The number of benzene rings is 2. The quantitative estimate of drug-likeness (QED) is 0.580. The zero-order chi connectivity index (χ0) is 18.4. The van der Waals surface area contributed by atoms with Crippen LogP contribution in [0.15, 0.2) is 53.1 Å². The number of fused-ring (bicyclic) bond motifs is 3. The lowest BCUT2D eigenvalue weighted by Gasteiger charge is -2.06. The van der Waals surface area contributed by atoms with Crippen molar-refractivity contribution >= 4 is 23.5 Å². The molecular weight excluding hydrogens is 342 g/mol. The molecule has 2 aliphatic rings. The van der Waals surface area contributed by atoms with Crippen LogP contribution in [0.4, 0.5) is 11.7 Å². The topological polar surface area (TPSA) is 84.2 Å². The smallest absolute Gasteiger partial charge is 0.302 e. The predicted molar refractivity (Wildman–Crippen MR) is 100 cm³/mol. The third kappa shape index (κ3) is 2.99. The second-order valence-corrected chi connectivity index (χ2v) is 6.96. The molecule has 0 spiro atoms. The maximum Gasteiger partial charge on any atom is 0.302 e. The van der Waals surface area contributed by atoms with Crippen molar-refractivity contribution in [1.82, 2.24) is 4.98 Å². The minimum Gasteiger partial charge on any atom is -0.431 e. The van der Waals surface area contributed by atoms with Gasteiger partial charge in [-0.15, -0.1) is 0 Å². The molecule has 0 aliphatic heterocycles. The zero-order valence-electron chi connectivity index (χ0n) is 14.5. The highest BCUT2D eigenvalue weighted by Gasteiger charge is 2.30. The van der Waals surface area contributed by atoms with Crippen molar-refractivity contribution in [2.45, 2.75) is 19.3 Å². The fraction of sp³-hybridized carbons (Fsp3) is 0.190. The van der Waals surface area contributed by atoms with Gasteiger partial charge in [0.2, 0.25) is 5.91 Å². The second-order valence-electron chi connectivity index (χ2n) is 6.96. The van der Waals surface area contributed by atoms with E-state index in [-0.39, 0.29) is 29.4 Å². The van der Waals surface area contributed by atoms with E-state index >= 15 is 0 Å². The molecule has 1 fully saturated rings. The van der Waals surface area contributed by atoms with Gasteiger partial charge in [0.25, 0.3) is 5.91 Å². The minimum absolute atomic E-state index is 0.0460. The molecule has 5 rings (SSSR count). The lowest BCUT2D eigenvalue weighted by Crippen LogP contribution is -2.15. The molecule has 2 N–H and O–H groups in total. The van der Waals surface area contributed by atoms with E-state index in [1.165, 1.54) is 28.5 Å². The van der Waals surface area contributed by atoms with Crippen molar-refractivity contribution in [3.05, 3.63) is 65.5 Å². The van der Waals surface area contributed by atoms with Gasteiger partial charge in [-0.1, -0.05) is 30.3 Å². The highest BCUT2D eigenvalue weighted by atomic mass is 16.4. The van der Waals surface area contributed by atoms with Gasteiger partial charge in [-0.2, -0.15) is 4.98 Å². The van der Waals surface area contributed by atoms with Crippen LogP contribution in [0.25, 0.3) is 11.1 Å². The minimum atomic E-state index is -0.374. The summed E-state index contributed by atoms with van der Waals surface area (Å²) in [5.74, 6) is -0.437. The Bertz CT molecular complexity index is 1070. The largest absolute Gasteiger partial charge is 0.431 e. The summed E-state index contributed by atoms with van der Waals surface area (Å²) in [4.78, 5) is 28.2. The Kier molecular flexibility index (Phi) is 3.57. The molecule has 1 aromatic heterocycles. The fourth-order valence-corrected chi connectivity index (χ4v) is 3.41. The molecule has 2 aromatic carbocycles. The van der Waals surface area contributed by atoms with Gasteiger partial charge in [0.05, 0.1) is 0 Å². The zero-order valence-corrected chi connectivity index (χ0v) is 14.5. The van der Waals surface area contributed by atoms with Crippen LogP contribution in [0.2, 0.25) is 0 Å². The summed E-state index contributed by atoms with van der Waals surface area (Å²) in [6.07, 6.45) is 3.89. The van der Waals surface area contributed by atoms with Crippen LogP contribution < -0.4 is 10.6 Å². The van der Waals surface area contributed by atoms with Gasteiger partial charge in [0.15, 0.2) is 5.69 Å². The molecule has 27 heavy (non-hydrogen) atoms. The standard InChI is InChI=1S/C21H17N3O3/c25-19(12-5-6-12)24-21-23-18(11-27-21)20(26)22-15-7-8-17-14(10-15)9-13-3-1-2-4-16(13)17/h1-4,7-8,10-12H,5-6,9H2,(H,22,26)(H,23,24,25). The highest BCUT2D eigenvalue weighted by Crippen LogP contribution is 2.37. The third-order valence-electron chi connectivity index (χ3n) is 4.97. The molecule has 2 aliphatic carbocycles. The van der Waals surface area contributed by atoms with Crippen LogP contribution in [-0.2, 0) is 11.2 Å². The van der Waals surface area contributed by atoms with Crippen molar-refractivity contribution in [2.24, 2.45) is 5.92 Å². The number of hydrogen-bond donors (Lipinski definition) is 2. The molecule has 6 nitrogen and oxygen atoms in total. The van der Waals surface area contributed by atoms with Gasteiger partial charge in [0, 0.05) is 11.6 Å². The van der Waals surface area contributed by atoms with Gasteiger partial charge >= 0.3 is 6.01 Å². The van der Waals surface area contributed by atoms with Gasteiger partial charge in [-0.3, -0.25) is 14.9 Å². The molecule has 0 unspecified atom stereocenters. The number of nitrogens with zero attached hydrogens (tertiary/aromatic N) is 1. The number of nitrogens with one attached hydrogen (secondary N) is 2. The second kappa shape index (κ2) is 6.09. The molecule has 6 heteroatoms. The lowest BCUT2D eigenvalue weighted by molar-refractivity contribution is -0.117. The predicted octanol–water partition coefficient (Wildman–Crippen LogP) is 3.85. The molecule has 134 valence electrons. The Morgan fingerprint density at radius 1 is 1.00 bits per heavy atom. The monoisotopic (exact) mass is 359 g/mol. The molecule has 0 atom stereocenters. The van der Waals surface area contributed by atoms with E-state index in [1.807, 2.05) is 30.3 Å². The molecule has 0 bridgehead atoms. The first-order valence-corrected chi connectivity index (χ1v) is 8.96. The summed E-state index contributed by atoms with van der Waals surface area (Å²) in [7, 11) is 0. The summed E-state index contributed by atoms with van der Waals surface area (Å²) < 4.78 is 5.18. The summed E-state index contributed by atoms with van der Waals surface area (Å²) in [6, 6.07) is 14.3. The van der Waals surface area contributed by atoms with Crippen molar-refractivity contribution in [2.75, 3.05) is 10.6 Å². The lowest BCUT2D eigenvalue weighted by atomic mass is 10.1. The maximum absolute atomic E-state index is 12.4. The number of rotatable bonds is 4. The number of aromatic nitrogens is 1. The normalized spacial score (nSPS) is 14.4. The average molecular weight is 359 g/mol. The Labute approximate surface area is 155 Å². The van der Waals surface area contributed by atoms with Crippen LogP contribution in [0.5, 0.6) is 0 Å². The Morgan fingerprint density at radius 2 is 1.81 bits per heavy atom. The Morgan fingerprint density at radius 3 is 2.67 bits per heavy atom. The first kappa shape index (κ1) is 15.8. The van der Waals surface area contributed by atoms with Gasteiger partial charge in [-0.05, 0) is 53.6 Å². The van der Waals surface area contributed by atoms with Crippen LogP contribution >= 0.6 is 0 Å². The first-order valence-electron chi connectivity index (χ1n) is 8.96. The van der Waals surface area contributed by atoms with Crippen molar-refractivity contribution < 1.29 is 14.0 Å². The summed E-state index contributed by atoms with van der Waals surface area (Å²) in [5.41, 5.74) is 5.77. The van der Waals surface area contributed by atoms with E-state index in [4.69, 9.17) is 4.42 Å². The van der Waals surface area contributed by atoms with Crippen LogP contribution in [-0.4, -0.2) is 16.8 Å². The van der Waals surface area contributed by atoms with E-state index in [0.29, 0.717) is 5.69 Å². The van der Waals surface area contributed by atoms with Crippen molar-refractivity contribution in [1.29, 1.82) is 0 Å². The Hall–Kier alpha value is -3.41. The number of carbonyl (C=O) groups is 2.